The van der Waals surface area contributed by atoms with E-state index < -0.39 is 34.9 Å². The number of rotatable bonds is 8. The van der Waals surface area contributed by atoms with Gasteiger partial charge in [-0.2, -0.15) is 13.2 Å². The fourth-order valence-electron chi connectivity index (χ4n) is 5.12. The van der Waals surface area contributed by atoms with E-state index in [1.54, 1.807) is 30.5 Å². The molecule has 4 aromatic rings. The van der Waals surface area contributed by atoms with Crippen molar-refractivity contribution in [2.75, 3.05) is 18.5 Å². The normalized spacial score (nSPS) is 14.2. The van der Waals surface area contributed by atoms with Crippen LogP contribution >= 0.6 is 11.3 Å². The molecular weight excluding hydrogens is 599 g/mol. The number of hydrogen-bond donors (Lipinski definition) is 2. The molecule has 0 aliphatic carbocycles. The number of benzene rings is 1. The molecule has 232 valence electrons. The lowest BCUT2D eigenvalue weighted by Gasteiger charge is -2.23. The summed E-state index contributed by atoms with van der Waals surface area (Å²) in [5.41, 5.74) is -0.580. The summed E-state index contributed by atoms with van der Waals surface area (Å²) in [6.45, 7) is 5.27. The first-order valence-electron chi connectivity index (χ1n) is 14.0. The second-order valence-corrected chi connectivity index (χ2v) is 11.7. The number of anilines is 1. The smallest absolute Gasteiger partial charge is 0.434 e. The maximum atomic E-state index is 13.4. The Kier molecular flexibility index (Phi) is 9.02. The average Bonchev–Trinajstić information content (AvgIpc) is 3.48. The fourth-order valence-corrected chi connectivity index (χ4v) is 5.97. The number of amides is 2. The molecule has 1 aliphatic heterocycles. The Balaban J connectivity index is 1.62. The average molecular weight is 629 g/mol. The number of carboxylic acid groups (broad SMARTS) is 1. The van der Waals surface area contributed by atoms with Crippen molar-refractivity contribution in [1.82, 2.24) is 19.9 Å². The number of aryl methyl sites for hydroxylation is 1. The summed E-state index contributed by atoms with van der Waals surface area (Å²) < 4.78 is 47.5. The van der Waals surface area contributed by atoms with Gasteiger partial charge in [0.25, 0.3) is 0 Å². The SMILES string of the molecule is CC(C)NC(=O)Nc1cc(-c2nc(C(F)(F)F)cs2)c(-c2ccc3c(=O)c(C(=O)[O-])cn(CCC4CCOCC4)c3c2)cn1. The molecule has 14 heteroatoms. The Morgan fingerprint density at radius 1 is 1.18 bits per heavy atom. The Hall–Kier alpha value is -4.30. The minimum atomic E-state index is -4.65. The summed E-state index contributed by atoms with van der Waals surface area (Å²) in [6, 6.07) is 5.47. The number of nitrogens with one attached hydrogen (secondary N) is 2. The van der Waals surface area contributed by atoms with Crippen LogP contribution in [0.5, 0.6) is 0 Å². The molecule has 2 N–H and O–H groups in total. The number of carboxylic acids is 1. The van der Waals surface area contributed by atoms with Gasteiger partial charge < -0.3 is 24.5 Å². The number of hydrogen-bond acceptors (Lipinski definition) is 8. The number of nitrogens with zero attached hydrogens (tertiary/aromatic N) is 3. The summed E-state index contributed by atoms with van der Waals surface area (Å²) in [4.78, 5) is 45.3. The van der Waals surface area contributed by atoms with E-state index in [1.807, 2.05) is 0 Å². The summed E-state index contributed by atoms with van der Waals surface area (Å²) in [7, 11) is 0. The molecule has 1 fully saturated rings. The molecule has 1 saturated heterocycles. The van der Waals surface area contributed by atoms with E-state index in [0.717, 1.165) is 36.0 Å². The second kappa shape index (κ2) is 12.7. The Bertz CT molecular complexity index is 1760. The van der Waals surface area contributed by atoms with Gasteiger partial charge >= 0.3 is 12.2 Å². The molecule has 44 heavy (non-hydrogen) atoms. The summed E-state index contributed by atoms with van der Waals surface area (Å²) in [5, 5.41) is 18.2. The number of aromatic carboxylic acids is 1. The highest BCUT2D eigenvalue weighted by atomic mass is 32.1. The fraction of sp³-hybridized carbons (Fsp3) is 0.367. The largest absolute Gasteiger partial charge is 0.545 e. The Morgan fingerprint density at radius 3 is 2.59 bits per heavy atom. The van der Waals surface area contributed by atoms with E-state index in [0.29, 0.717) is 42.3 Å². The van der Waals surface area contributed by atoms with Crippen molar-refractivity contribution in [1.29, 1.82) is 0 Å². The lowest BCUT2D eigenvalue weighted by atomic mass is 9.96. The number of thiazole rings is 1. The molecule has 4 heterocycles. The first-order chi connectivity index (χ1) is 20.9. The number of halogens is 3. The highest BCUT2D eigenvalue weighted by molar-refractivity contribution is 7.13. The van der Waals surface area contributed by atoms with E-state index >= 15 is 0 Å². The van der Waals surface area contributed by atoms with Crippen LogP contribution in [0.2, 0.25) is 0 Å². The third-order valence-electron chi connectivity index (χ3n) is 7.32. The predicted molar refractivity (Wildman–Crippen MR) is 157 cm³/mol. The molecule has 2 amide bonds. The number of fused-ring (bicyclic) bond motifs is 1. The molecule has 3 aromatic heterocycles. The molecule has 10 nitrogen and oxygen atoms in total. The van der Waals surface area contributed by atoms with Gasteiger partial charge in [-0.25, -0.2) is 14.8 Å². The monoisotopic (exact) mass is 628 g/mol. The van der Waals surface area contributed by atoms with Gasteiger partial charge in [-0.05, 0) is 62.8 Å². The molecule has 0 saturated carbocycles. The summed E-state index contributed by atoms with van der Waals surface area (Å²) in [6.07, 6.45) is 0.503. The van der Waals surface area contributed by atoms with Crippen LogP contribution in [0.1, 0.15) is 49.2 Å². The number of carbonyl (C=O) groups is 2. The zero-order chi connectivity index (χ0) is 31.6. The maximum Gasteiger partial charge on any atom is 0.434 e. The minimum Gasteiger partial charge on any atom is -0.545 e. The lowest BCUT2D eigenvalue weighted by molar-refractivity contribution is -0.255. The van der Waals surface area contributed by atoms with Gasteiger partial charge in [0.2, 0.25) is 0 Å². The van der Waals surface area contributed by atoms with Gasteiger partial charge in [0.05, 0.1) is 17.0 Å². The van der Waals surface area contributed by atoms with Gasteiger partial charge in [-0.1, -0.05) is 6.07 Å². The number of aromatic nitrogens is 3. The second-order valence-electron chi connectivity index (χ2n) is 10.8. The van der Waals surface area contributed by atoms with Crippen molar-refractivity contribution in [3.8, 4) is 21.7 Å². The van der Waals surface area contributed by atoms with Crippen molar-refractivity contribution < 1.29 is 32.6 Å². The van der Waals surface area contributed by atoms with E-state index in [-0.39, 0.29) is 27.8 Å². The third kappa shape index (κ3) is 6.91. The van der Waals surface area contributed by atoms with Crippen molar-refractivity contribution in [3.05, 3.63) is 63.5 Å². The van der Waals surface area contributed by atoms with Crippen LogP contribution < -0.4 is 21.2 Å². The topological polar surface area (TPSA) is 138 Å². The molecule has 0 radical (unpaired) electrons. The van der Waals surface area contributed by atoms with Crippen LogP contribution in [0, 0.1) is 5.92 Å². The third-order valence-corrected chi connectivity index (χ3v) is 8.20. The van der Waals surface area contributed by atoms with Crippen LogP contribution in [0.3, 0.4) is 0 Å². The number of urea groups is 1. The van der Waals surface area contributed by atoms with Crippen LogP contribution in [-0.4, -0.2) is 45.8 Å². The molecule has 1 aliphatic rings. The summed E-state index contributed by atoms with van der Waals surface area (Å²) >= 11 is 0.790. The van der Waals surface area contributed by atoms with Crippen molar-refractivity contribution in [2.24, 2.45) is 5.92 Å². The molecule has 1 aromatic carbocycles. The first-order valence-corrected chi connectivity index (χ1v) is 14.9. The highest BCUT2D eigenvalue weighted by Crippen LogP contribution is 2.39. The molecule has 0 unspecified atom stereocenters. The van der Waals surface area contributed by atoms with Gasteiger partial charge in [0, 0.05) is 60.1 Å². The molecule has 0 spiro atoms. The van der Waals surface area contributed by atoms with E-state index in [1.165, 1.54) is 24.5 Å². The van der Waals surface area contributed by atoms with Gasteiger partial charge in [-0.3, -0.25) is 10.1 Å². The first kappa shape index (κ1) is 31.1. The van der Waals surface area contributed by atoms with E-state index in [4.69, 9.17) is 4.74 Å². The lowest BCUT2D eigenvalue weighted by Crippen LogP contribution is -2.34. The van der Waals surface area contributed by atoms with E-state index in [2.05, 4.69) is 20.6 Å². The van der Waals surface area contributed by atoms with Crippen molar-refractivity contribution in [2.45, 2.75) is 51.9 Å². The standard InChI is InChI=1S/C30H30F3N5O5S/c1-16(2)35-29(42)37-25-12-20(27-36-24(15-44-27)30(31,32)33)21(13-34-25)18-3-4-19-23(11-18)38(14-22(26(19)39)28(40)41)8-5-17-6-9-43-10-7-17/h3-4,11-17H,5-10H2,1-2H3,(H,40,41)(H2,34,35,37,42)/p-1. The van der Waals surface area contributed by atoms with E-state index in [9.17, 15) is 32.7 Å². The molecule has 5 rings (SSSR count). The Labute approximate surface area is 253 Å². The van der Waals surface area contributed by atoms with Gasteiger partial charge in [-0.15, -0.1) is 11.3 Å². The number of carbonyl (C=O) groups excluding carboxylic acids is 2. The molecular formula is C30H29F3N5O5S-. The summed E-state index contributed by atoms with van der Waals surface area (Å²) in [5.74, 6) is -1.12. The number of ether oxygens (including phenoxy) is 1. The van der Waals surface area contributed by atoms with Crippen LogP contribution in [0.4, 0.5) is 23.8 Å². The quantitative estimate of drug-likeness (QED) is 0.283. The zero-order valence-electron chi connectivity index (χ0n) is 23.9. The zero-order valence-corrected chi connectivity index (χ0v) is 24.7. The minimum absolute atomic E-state index is 0.0475. The van der Waals surface area contributed by atoms with Crippen LogP contribution in [-0.2, 0) is 17.5 Å². The number of alkyl halides is 3. The number of pyridine rings is 2. The predicted octanol–water partition coefficient (Wildman–Crippen LogP) is 4.92. The maximum absolute atomic E-state index is 13.4. The van der Waals surface area contributed by atoms with Crippen LogP contribution in [0.15, 0.2) is 46.8 Å². The molecule has 0 atom stereocenters. The molecule has 0 bridgehead atoms. The van der Waals surface area contributed by atoms with Gasteiger partial charge in [0.15, 0.2) is 11.1 Å². The Morgan fingerprint density at radius 2 is 1.93 bits per heavy atom. The van der Waals surface area contributed by atoms with Crippen molar-refractivity contribution >= 4 is 40.1 Å². The van der Waals surface area contributed by atoms with Gasteiger partial charge in [0.1, 0.15) is 10.8 Å². The van der Waals surface area contributed by atoms with Crippen molar-refractivity contribution in [3.63, 3.8) is 0 Å². The highest BCUT2D eigenvalue weighted by Gasteiger charge is 2.34. The van der Waals surface area contributed by atoms with Crippen LogP contribution in [0.25, 0.3) is 32.6 Å².